The molecule has 1 unspecified atom stereocenters. The van der Waals surface area contributed by atoms with Crippen LogP contribution in [0.3, 0.4) is 0 Å². The number of hydrogen-bond acceptors (Lipinski definition) is 5. The van der Waals surface area contributed by atoms with Gasteiger partial charge in [0.15, 0.2) is 0 Å². The number of nitrogens with zero attached hydrogens (tertiary/aromatic N) is 4. The number of anilines is 1. The van der Waals surface area contributed by atoms with E-state index in [9.17, 15) is 0 Å². The molecular weight excluding hydrogens is 312 g/mol. The van der Waals surface area contributed by atoms with E-state index in [-0.39, 0.29) is 0 Å². The summed E-state index contributed by atoms with van der Waals surface area (Å²) in [5.41, 5.74) is 1.28. The predicted molar refractivity (Wildman–Crippen MR) is 92.2 cm³/mol. The van der Waals surface area contributed by atoms with Crippen molar-refractivity contribution in [1.82, 2.24) is 14.9 Å². The number of rotatable bonds is 4. The summed E-state index contributed by atoms with van der Waals surface area (Å²) in [6.07, 6.45) is 3.33. The zero-order valence-electron chi connectivity index (χ0n) is 13.4. The van der Waals surface area contributed by atoms with Crippen LogP contribution in [0.15, 0.2) is 36.7 Å². The molecule has 0 spiro atoms. The second kappa shape index (κ2) is 7.15. The molecule has 1 aromatic heterocycles. The number of ether oxygens (including phenoxy) is 1. The van der Waals surface area contributed by atoms with Crippen molar-refractivity contribution >= 4 is 17.4 Å². The molecule has 23 heavy (non-hydrogen) atoms. The summed E-state index contributed by atoms with van der Waals surface area (Å²) in [5.74, 6) is 1.76. The van der Waals surface area contributed by atoms with Crippen LogP contribution in [0.25, 0.3) is 0 Å². The highest BCUT2D eigenvalue weighted by Crippen LogP contribution is 2.25. The second-order valence-electron chi connectivity index (χ2n) is 5.68. The first-order chi connectivity index (χ1) is 11.2. The van der Waals surface area contributed by atoms with Crippen LogP contribution in [0.4, 0.5) is 5.82 Å². The zero-order valence-corrected chi connectivity index (χ0v) is 14.2. The molecule has 2 heterocycles. The third-order valence-electron chi connectivity index (χ3n) is 4.35. The van der Waals surface area contributed by atoms with Crippen LogP contribution in [0.1, 0.15) is 18.5 Å². The standard InChI is InChI=1S/C17H21ClN4O/c1-13(14-4-3-5-15(10-14)23-2)21-6-8-22(9-7-21)17-12-19-11-16(18)20-17/h3-5,10-13H,6-9H2,1-2H3. The summed E-state index contributed by atoms with van der Waals surface area (Å²) in [5, 5.41) is 0.440. The molecule has 0 N–H and O–H groups in total. The molecule has 1 fully saturated rings. The smallest absolute Gasteiger partial charge is 0.149 e. The zero-order chi connectivity index (χ0) is 16.2. The van der Waals surface area contributed by atoms with E-state index in [1.165, 1.54) is 5.56 Å². The maximum atomic E-state index is 5.93. The van der Waals surface area contributed by atoms with Crippen molar-refractivity contribution in [3.8, 4) is 5.75 Å². The van der Waals surface area contributed by atoms with E-state index in [0.717, 1.165) is 37.7 Å². The van der Waals surface area contributed by atoms with Gasteiger partial charge in [0.1, 0.15) is 16.7 Å². The Hall–Kier alpha value is -1.85. The van der Waals surface area contributed by atoms with Gasteiger partial charge in [-0.25, -0.2) is 4.98 Å². The highest BCUT2D eigenvalue weighted by molar-refractivity contribution is 6.29. The van der Waals surface area contributed by atoms with E-state index in [4.69, 9.17) is 16.3 Å². The molecule has 5 nitrogen and oxygen atoms in total. The summed E-state index contributed by atoms with van der Waals surface area (Å²) in [6.45, 7) is 6.04. The number of hydrogen-bond donors (Lipinski definition) is 0. The molecule has 1 aliphatic heterocycles. The van der Waals surface area contributed by atoms with Gasteiger partial charge in [0.2, 0.25) is 0 Å². The minimum Gasteiger partial charge on any atom is -0.497 e. The number of halogens is 1. The molecule has 0 radical (unpaired) electrons. The molecule has 122 valence electrons. The Morgan fingerprint density at radius 2 is 1.96 bits per heavy atom. The number of benzene rings is 1. The average molecular weight is 333 g/mol. The Morgan fingerprint density at radius 1 is 1.17 bits per heavy atom. The topological polar surface area (TPSA) is 41.5 Å². The monoisotopic (exact) mass is 332 g/mol. The molecule has 3 rings (SSSR count). The summed E-state index contributed by atoms with van der Waals surface area (Å²) in [7, 11) is 1.70. The molecule has 0 amide bonds. The third-order valence-corrected chi connectivity index (χ3v) is 4.54. The lowest BCUT2D eigenvalue weighted by atomic mass is 10.1. The molecule has 0 aliphatic carbocycles. The van der Waals surface area contributed by atoms with Gasteiger partial charge in [-0.2, -0.15) is 0 Å². The Labute approximate surface area is 141 Å². The van der Waals surface area contributed by atoms with E-state index in [1.54, 1.807) is 19.5 Å². The van der Waals surface area contributed by atoms with Crippen molar-refractivity contribution in [2.24, 2.45) is 0 Å². The molecule has 1 aliphatic rings. The first kappa shape index (κ1) is 16.0. The first-order valence-electron chi connectivity index (χ1n) is 7.78. The molecule has 1 atom stereocenters. The van der Waals surface area contributed by atoms with E-state index in [2.05, 4.69) is 38.8 Å². The van der Waals surface area contributed by atoms with Crippen LogP contribution >= 0.6 is 11.6 Å². The predicted octanol–water partition coefficient (Wildman–Crippen LogP) is 3.02. The summed E-state index contributed by atoms with van der Waals surface area (Å²) in [4.78, 5) is 13.2. The molecule has 2 aromatic rings. The fourth-order valence-corrected chi connectivity index (χ4v) is 3.08. The van der Waals surface area contributed by atoms with Crippen LogP contribution in [0.5, 0.6) is 5.75 Å². The fraction of sp³-hybridized carbons (Fsp3) is 0.412. The van der Waals surface area contributed by atoms with Crippen LogP contribution < -0.4 is 9.64 Å². The van der Waals surface area contributed by atoms with Crippen LogP contribution in [0, 0.1) is 0 Å². The summed E-state index contributed by atoms with van der Waals surface area (Å²) in [6, 6.07) is 8.65. The van der Waals surface area contributed by atoms with Gasteiger partial charge in [-0.05, 0) is 24.6 Å². The molecule has 6 heteroatoms. The average Bonchev–Trinajstić information content (AvgIpc) is 2.61. The van der Waals surface area contributed by atoms with Crippen molar-refractivity contribution < 1.29 is 4.74 Å². The van der Waals surface area contributed by atoms with Crippen molar-refractivity contribution in [2.75, 3.05) is 38.2 Å². The first-order valence-corrected chi connectivity index (χ1v) is 8.15. The number of piperazine rings is 1. The molecule has 0 saturated carbocycles. The normalized spacial score (nSPS) is 17.1. The van der Waals surface area contributed by atoms with Crippen molar-refractivity contribution in [1.29, 1.82) is 0 Å². The largest absolute Gasteiger partial charge is 0.497 e. The SMILES string of the molecule is COc1cccc(C(C)N2CCN(c3cncc(Cl)n3)CC2)c1. The summed E-state index contributed by atoms with van der Waals surface area (Å²) < 4.78 is 5.32. The van der Waals surface area contributed by atoms with Gasteiger partial charge in [-0.3, -0.25) is 9.88 Å². The molecule has 1 saturated heterocycles. The second-order valence-corrected chi connectivity index (χ2v) is 6.06. The Bertz CT molecular complexity index is 659. The lowest BCUT2D eigenvalue weighted by Gasteiger charge is -2.38. The van der Waals surface area contributed by atoms with E-state index < -0.39 is 0 Å². The van der Waals surface area contributed by atoms with Gasteiger partial charge in [-0.15, -0.1) is 0 Å². The Kier molecular flexibility index (Phi) is 4.98. The maximum absolute atomic E-state index is 5.93. The maximum Gasteiger partial charge on any atom is 0.149 e. The van der Waals surface area contributed by atoms with Crippen molar-refractivity contribution in [3.63, 3.8) is 0 Å². The van der Waals surface area contributed by atoms with Crippen LogP contribution in [-0.4, -0.2) is 48.2 Å². The lowest BCUT2D eigenvalue weighted by molar-refractivity contribution is 0.198. The van der Waals surface area contributed by atoms with Gasteiger partial charge in [-0.1, -0.05) is 23.7 Å². The number of methoxy groups -OCH3 is 1. The lowest BCUT2D eigenvalue weighted by Crippen LogP contribution is -2.47. The van der Waals surface area contributed by atoms with Gasteiger partial charge in [0, 0.05) is 32.2 Å². The van der Waals surface area contributed by atoms with E-state index in [0.29, 0.717) is 11.2 Å². The molecule has 0 bridgehead atoms. The van der Waals surface area contributed by atoms with Gasteiger partial charge < -0.3 is 9.64 Å². The van der Waals surface area contributed by atoms with Crippen LogP contribution in [-0.2, 0) is 0 Å². The third kappa shape index (κ3) is 3.74. The van der Waals surface area contributed by atoms with E-state index >= 15 is 0 Å². The summed E-state index contributed by atoms with van der Waals surface area (Å²) >= 11 is 5.93. The fourth-order valence-electron chi connectivity index (χ4n) is 2.94. The Balaban J connectivity index is 1.64. The number of aromatic nitrogens is 2. The van der Waals surface area contributed by atoms with E-state index in [1.807, 2.05) is 12.1 Å². The van der Waals surface area contributed by atoms with Gasteiger partial charge >= 0.3 is 0 Å². The van der Waals surface area contributed by atoms with Gasteiger partial charge in [0.05, 0.1) is 19.5 Å². The van der Waals surface area contributed by atoms with Crippen molar-refractivity contribution in [2.45, 2.75) is 13.0 Å². The van der Waals surface area contributed by atoms with Crippen molar-refractivity contribution in [3.05, 3.63) is 47.4 Å². The van der Waals surface area contributed by atoms with Gasteiger partial charge in [0.25, 0.3) is 0 Å². The minimum atomic E-state index is 0.359. The minimum absolute atomic E-state index is 0.359. The molecule has 1 aromatic carbocycles. The highest BCUT2D eigenvalue weighted by atomic mass is 35.5. The van der Waals surface area contributed by atoms with Crippen LogP contribution in [0.2, 0.25) is 5.15 Å². The highest BCUT2D eigenvalue weighted by Gasteiger charge is 2.23. The Morgan fingerprint density at radius 3 is 2.65 bits per heavy atom. The quantitative estimate of drug-likeness (QED) is 0.861. The molecular formula is C17H21ClN4O.